The fourth-order valence-corrected chi connectivity index (χ4v) is 4.11. The minimum absolute atomic E-state index is 0.972. The average molecular weight is 194 g/mol. The zero-order chi connectivity index (χ0) is 10.1. The lowest BCUT2D eigenvalue weighted by molar-refractivity contribution is 0.186. The van der Waals surface area contributed by atoms with Gasteiger partial charge in [-0.2, -0.15) is 0 Å². The van der Waals surface area contributed by atoms with Gasteiger partial charge in [-0.15, -0.1) is 0 Å². The molecule has 0 radical (unpaired) electrons. The van der Waals surface area contributed by atoms with Gasteiger partial charge in [-0.25, -0.2) is 0 Å². The molecule has 2 aliphatic rings. The van der Waals surface area contributed by atoms with E-state index in [2.05, 4.69) is 20.8 Å². The van der Waals surface area contributed by atoms with Crippen LogP contribution in [-0.2, 0) is 0 Å². The van der Waals surface area contributed by atoms with Crippen LogP contribution in [-0.4, -0.2) is 0 Å². The molecule has 0 N–H and O–H groups in total. The lowest BCUT2D eigenvalue weighted by atomic mass is 9.74. The van der Waals surface area contributed by atoms with Gasteiger partial charge in [0, 0.05) is 0 Å². The predicted octanol–water partition coefficient (Wildman–Crippen LogP) is 4.49. The number of hydrogen-bond donors (Lipinski definition) is 0. The summed E-state index contributed by atoms with van der Waals surface area (Å²) in [5.74, 6) is 5.24. The third-order valence-corrected chi connectivity index (χ3v) is 5.12. The van der Waals surface area contributed by atoms with Gasteiger partial charge in [-0.05, 0) is 48.9 Å². The third-order valence-electron chi connectivity index (χ3n) is 5.12. The molecule has 0 aliphatic heterocycles. The zero-order valence-electron chi connectivity index (χ0n) is 10.1. The first-order valence-corrected chi connectivity index (χ1v) is 6.72. The van der Waals surface area contributed by atoms with E-state index in [-0.39, 0.29) is 0 Å². The summed E-state index contributed by atoms with van der Waals surface area (Å²) in [7, 11) is 0. The molecular formula is C14H26. The number of hydrogen-bond acceptors (Lipinski definition) is 0. The monoisotopic (exact) mass is 194 g/mol. The van der Waals surface area contributed by atoms with Crippen LogP contribution in [0.1, 0.15) is 59.3 Å². The lowest BCUT2D eigenvalue weighted by Gasteiger charge is -2.31. The summed E-state index contributed by atoms with van der Waals surface area (Å²) in [6.07, 6.45) is 9.07. The second-order valence-corrected chi connectivity index (χ2v) is 5.96. The van der Waals surface area contributed by atoms with Crippen LogP contribution >= 0.6 is 0 Å². The minimum atomic E-state index is 0.972. The Morgan fingerprint density at radius 2 is 2.00 bits per heavy atom. The normalized spacial score (nSPS) is 44.8. The molecule has 5 unspecified atom stereocenters. The molecule has 0 aromatic rings. The van der Waals surface area contributed by atoms with E-state index in [9.17, 15) is 0 Å². The van der Waals surface area contributed by atoms with Crippen LogP contribution in [0.4, 0.5) is 0 Å². The quantitative estimate of drug-likeness (QED) is 0.607. The second-order valence-electron chi connectivity index (χ2n) is 5.96. The Bertz CT molecular complexity index is 184. The summed E-state index contributed by atoms with van der Waals surface area (Å²) in [6, 6.07) is 0. The number of rotatable bonds is 2. The molecule has 2 bridgehead atoms. The van der Waals surface area contributed by atoms with E-state index in [0.717, 1.165) is 29.6 Å². The fourth-order valence-electron chi connectivity index (χ4n) is 4.11. The molecule has 82 valence electrons. The molecule has 2 fully saturated rings. The highest BCUT2D eigenvalue weighted by molar-refractivity contribution is 4.89. The van der Waals surface area contributed by atoms with Gasteiger partial charge in [0.15, 0.2) is 0 Å². The Balaban J connectivity index is 2.07. The Morgan fingerprint density at radius 3 is 2.71 bits per heavy atom. The first kappa shape index (κ1) is 10.5. The highest BCUT2D eigenvalue weighted by atomic mass is 14.4. The standard InChI is InChI=1S/C14H26/c1-4-10(2)13-7-5-6-12-8-11(3)14(13)9-12/h10-14H,4-9H2,1-3H3. The smallest absolute Gasteiger partial charge is 0.0355 e. The number of fused-ring (bicyclic) bond motifs is 2. The van der Waals surface area contributed by atoms with Crippen molar-refractivity contribution in [1.82, 2.24) is 0 Å². The lowest BCUT2D eigenvalue weighted by Crippen LogP contribution is -2.23. The summed E-state index contributed by atoms with van der Waals surface area (Å²) in [5, 5.41) is 0. The molecular weight excluding hydrogens is 168 g/mol. The van der Waals surface area contributed by atoms with Crippen LogP contribution in [0.2, 0.25) is 0 Å². The Labute approximate surface area is 89.5 Å². The van der Waals surface area contributed by atoms with E-state index in [1.807, 2.05) is 0 Å². The van der Waals surface area contributed by atoms with Gasteiger partial charge in [-0.1, -0.05) is 40.0 Å². The molecule has 2 saturated carbocycles. The largest absolute Gasteiger partial charge is 0.0651 e. The van der Waals surface area contributed by atoms with Crippen molar-refractivity contribution in [2.75, 3.05) is 0 Å². The van der Waals surface area contributed by atoms with Gasteiger partial charge < -0.3 is 0 Å². The molecule has 0 amide bonds. The molecule has 0 spiro atoms. The first-order chi connectivity index (χ1) is 6.72. The summed E-state index contributed by atoms with van der Waals surface area (Å²) in [4.78, 5) is 0. The van der Waals surface area contributed by atoms with Crippen molar-refractivity contribution in [2.24, 2.45) is 29.6 Å². The van der Waals surface area contributed by atoms with E-state index < -0.39 is 0 Å². The molecule has 0 saturated heterocycles. The van der Waals surface area contributed by atoms with Crippen molar-refractivity contribution in [3.05, 3.63) is 0 Å². The molecule has 0 heterocycles. The fraction of sp³-hybridized carbons (Fsp3) is 1.00. The van der Waals surface area contributed by atoms with Crippen LogP contribution in [0.3, 0.4) is 0 Å². The van der Waals surface area contributed by atoms with Gasteiger partial charge in [-0.3, -0.25) is 0 Å². The van der Waals surface area contributed by atoms with Gasteiger partial charge in [0.25, 0.3) is 0 Å². The van der Waals surface area contributed by atoms with E-state index in [1.165, 1.54) is 32.1 Å². The Kier molecular flexibility index (Phi) is 3.19. The summed E-state index contributed by atoms with van der Waals surface area (Å²) in [6.45, 7) is 7.36. The van der Waals surface area contributed by atoms with Crippen LogP contribution in [0.25, 0.3) is 0 Å². The molecule has 0 nitrogen and oxygen atoms in total. The Hall–Kier alpha value is 0. The van der Waals surface area contributed by atoms with Crippen molar-refractivity contribution in [3.63, 3.8) is 0 Å². The highest BCUT2D eigenvalue weighted by Gasteiger charge is 2.39. The predicted molar refractivity (Wildman–Crippen MR) is 62.2 cm³/mol. The van der Waals surface area contributed by atoms with Gasteiger partial charge in [0.2, 0.25) is 0 Å². The van der Waals surface area contributed by atoms with Crippen molar-refractivity contribution < 1.29 is 0 Å². The van der Waals surface area contributed by atoms with Crippen molar-refractivity contribution in [3.8, 4) is 0 Å². The third kappa shape index (κ3) is 1.85. The van der Waals surface area contributed by atoms with E-state index in [0.29, 0.717) is 0 Å². The van der Waals surface area contributed by atoms with E-state index in [1.54, 1.807) is 6.42 Å². The van der Waals surface area contributed by atoms with Crippen molar-refractivity contribution >= 4 is 0 Å². The molecule has 2 aliphatic carbocycles. The summed E-state index contributed by atoms with van der Waals surface area (Å²) >= 11 is 0. The summed E-state index contributed by atoms with van der Waals surface area (Å²) in [5.41, 5.74) is 0. The van der Waals surface area contributed by atoms with Crippen LogP contribution in [0.5, 0.6) is 0 Å². The topological polar surface area (TPSA) is 0 Å². The maximum absolute atomic E-state index is 2.51. The highest BCUT2D eigenvalue weighted by Crippen LogP contribution is 2.49. The summed E-state index contributed by atoms with van der Waals surface area (Å²) < 4.78 is 0. The zero-order valence-corrected chi connectivity index (χ0v) is 10.1. The first-order valence-electron chi connectivity index (χ1n) is 6.72. The average Bonchev–Trinajstić information content (AvgIpc) is 2.40. The van der Waals surface area contributed by atoms with Crippen molar-refractivity contribution in [2.45, 2.75) is 59.3 Å². The van der Waals surface area contributed by atoms with Gasteiger partial charge >= 0.3 is 0 Å². The van der Waals surface area contributed by atoms with Crippen molar-refractivity contribution in [1.29, 1.82) is 0 Å². The van der Waals surface area contributed by atoms with Crippen LogP contribution in [0.15, 0.2) is 0 Å². The van der Waals surface area contributed by atoms with Crippen LogP contribution in [0, 0.1) is 29.6 Å². The molecule has 0 aromatic carbocycles. The SMILES string of the molecule is CCC(C)C1CCCC2CC(C)C1C2. The Morgan fingerprint density at radius 1 is 1.21 bits per heavy atom. The molecule has 14 heavy (non-hydrogen) atoms. The maximum Gasteiger partial charge on any atom is -0.0355 e. The van der Waals surface area contributed by atoms with Crippen LogP contribution < -0.4 is 0 Å². The van der Waals surface area contributed by atoms with E-state index in [4.69, 9.17) is 0 Å². The second kappa shape index (κ2) is 4.24. The molecule has 2 rings (SSSR count). The molecule has 5 atom stereocenters. The molecule has 0 heteroatoms. The van der Waals surface area contributed by atoms with Gasteiger partial charge in [0.05, 0.1) is 0 Å². The maximum atomic E-state index is 2.51. The molecule has 0 aromatic heterocycles. The van der Waals surface area contributed by atoms with Gasteiger partial charge in [0.1, 0.15) is 0 Å². The minimum Gasteiger partial charge on any atom is -0.0651 e. The van der Waals surface area contributed by atoms with E-state index >= 15 is 0 Å².